The quantitative estimate of drug-likeness (QED) is 0.256. The van der Waals surface area contributed by atoms with E-state index in [1.807, 2.05) is 0 Å². The zero-order chi connectivity index (χ0) is 29.7. The molecule has 2 aliphatic rings. The highest BCUT2D eigenvalue weighted by Crippen LogP contribution is 2.41. The molecule has 12 heteroatoms. The Morgan fingerprint density at radius 3 is 2.39 bits per heavy atom. The van der Waals surface area contributed by atoms with Gasteiger partial charge < -0.3 is 18.9 Å². The van der Waals surface area contributed by atoms with Crippen LogP contribution in [-0.2, 0) is 19.1 Å². The first-order valence-corrected chi connectivity index (χ1v) is 13.7. The van der Waals surface area contributed by atoms with Crippen molar-refractivity contribution in [3.63, 3.8) is 0 Å². The molecule has 220 valence electrons. The normalized spacial score (nSPS) is 18.5. The van der Waals surface area contributed by atoms with Gasteiger partial charge in [0.2, 0.25) is 6.10 Å². The maximum atomic E-state index is 13.5. The lowest BCUT2D eigenvalue weighted by Gasteiger charge is -2.30. The minimum Gasteiger partial charge on any atom is -0.489 e. The summed E-state index contributed by atoms with van der Waals surface area (Å²) in [6.07, 6.45) is 0.700. The molecule has 41 heavy (non-hydrogen) atoms. The SMILES string of the molecule is CC(=O)O[C@H](C(=O)OC(CC1=C(Cl)C(C)N(O)C=C1Cl)c1ccc(OC(F)F)c(OCC2CC2)c1)c1ccccc1. The van der Waals surface area contributed by atoms with Crippen molar-refractivity contribution in [3.8, 4) is 11.5 Å². The molecule has 0 amide bonds. The number of carbonyl (C=O) groups excluding carboxylic acids is 2. The van der Waals surface area contributed by atoms with Crippen molar-refractivity contribution in [2.24, 2.45) is 5.92 Å². The molecule has 8 nitrogen and oxygen atoms in total. The van der Waals surface area contributed by atoms with Crippen molar-refractivity contribution < 1.29 is 42.5 Å². The Balaban J connectivity index is 1.71. The van der Waals surface area contributed by atoms with Crippen LogP contribution in [0, 0.1) is 5.92 Å². The minimum absolute atomic E-state index is 0.0515. The van der Waals surface area contributed by atoms with E-state index < -0.39 is 36.8 Å². The number of esters is 2. The third-order valence-electron chi connectivity index (χ3n) is 6.56. The third kappa shape index (κ3) is 8.12. The van der Waals surface area contributed by atoms with Crippen LogP contribution in [0.5, 0.6) is 11.5 Å². The molecular weight excluding hydrogens is 583 g/mol. The van der Waals surface area contributed by atoms with Crippen LogP contribution in [0.4, 0.5) is 8.78 Å². The second-order valence-electron chi connectivity index (χ2n) is 9.73. The van der Waals surface area contributed by atoms with Gasteiger partial charge in [0.15, 0.2) is 11.5 Å². The molecule has 0 saturated heterocycles. The van der Waals surface area contributed by atoms with Gasteiger partial charge in [-0.2, -0.15) is 8.78 Å². The summed E-state index contributed by atoms with van der Waals surface area (Å²) in [5.74, 6) is -1.38. The number of carbonyl (C=O) groups is 2. The zero-order valence-electron chi connectivity index (χ0n) is 22.3. The van der Waals surface area contributed by atoms with E-state index in [1.54, 1.807) is 37.3 Å². The van der Waals surface area contributed by atoms with Gasteiger partial charge >= 0.3 is 18.6 Å². The number of nitrogens with zero attached hydrogens (tertiary/aromatic N) is 1. The lowest BCUT2D eigenvalue weighted by molar-refractivity contribution is -0.171. The van der Waals surface area contributed by atoms with E-state index in [2.05, 4.69) is 4.74 Å². The number of alkyl halides is 2. The summed E-state index contributed by atoms with van der Waals surface area (Å²) in [4.78, 5) is 25.4. The second-order valence-corrected chi connectivity index (χ2v) is 10.5. The first-order valence-electron chi connectivity index (χ1n) is 12.9. The van der Waals surface area contributed by atoms with Gasteiger partial charge in [-0.3, -0.25) is 15.1 Å². The van der Waals surface area contributed by atoms with Gasteiger partial charge in [-0.05, 0) is 49.0 Å². The van der Waals surface area contributed by atoms with Gasteiger partial charge in [0.1, 0.15) is 6.10 Å². The molecule has 2 aromatic carbocycles. The number of hydroxylamine groups is 2. The summed E-state index contributed by atoms with van der Waals surface area (Å²) in [5, 5.41) is 11.3. The van der Waals surface area contributed by atoms with Crippen LogP contribution in [0.1, 0.15) is 56.4 Å². The second kappa shape index (κ2) is 13.5. The van der Waals surface area contributed by atoms with Crippen molar-refractivity contribution in [3.05, 3.63) is 81.5 Å². The van der Waals surface area contributed by atoms with Crippen molar-refractivity contribution in [2.45, 2.75) is 58.0 Å². The van der Waals surface area contributed by atoms with E-state index in [1.165, 1.54) is 31.3 Å². The molecule has 1 aliphatic heterocycles. The number of hydrogen-bond acceptors (Lipinski definition) is 8. The Bertz CT molecular complexity index is 1320. The first kappa shape index (κ1) is 30.6. The average Bonchev–Trinajstić information content (AvgIpc) is 3.76. The molecule has 2 unspecified atom stereocenters. The molecule has 0 radical (unpaired) electrons. The smallest absolute Gasteiger partial charge is 0.387 e. The largest absolute Gasteiger partial charge is 0.489 e. The Kier molecular flexibility index (Phi) is 10.1. The highest BCUT2D eigenvalue weighted by atomic mass is 35.5. The molecule has 1 aliphatic carbocycles. The summed E-state index contributed by atoms with van der Waals surface area (Å²) < 4.78 is 47.9. The predicted octanol–water partition coefficient (Wildman–Crippen LogP) is 7.02. The van der Waals surface area contributed by atoms with Gasteiger partial charge in [0.05, 0.1) is 17.7 Å². The topological polar surface area (TPSA) is 94.5 Å². The summed E-state index contributed by atoms with van der Waals surface area (Å²) in [5.41, 5.74) is 1.14. The van der Waals surface area contributed by atoms with E-state index >= 15 is 0 Å². The number of benzene rings is 2. The maximum Gasteiger partial charge on any atom is 0.387 e. The fourth-order valence-electron chi connectivity index (χ4n) is 4.17. The van der Waals surface area contributed by atoms with E-state index in [0.717, 1.165) is 17.9 Å². The lowest BCUT2D eigenvalue weighted by Crippen LogP contribution is -2.30. The monoisotopic (exact) mass is 611 g/mol. The van der Waals surface area contributed by atoms with E-state index in [4.69, 9.17) is 37.4 Å². The molecular formula is C29H29Cl2F2NO7. The highest BCUT2D eigenvalue weighted by molar-refractivity contribution is 6.36. The summed E-state index contributed by atoms with van der Waals surface area (Å²) >= 11 is 13.0. The third-order valence-corrected chi connectivity index (χ3v) is 7.43. The fraction of sp³-hybridized carbons (Fsp3) is 0.379. The van der Waals surface area contributed by atoms with E-state index in [-0.39, 0.29) is 28.0 Å². The van der Waals surface area contributed by atoms with Crippen molar-refractivity contribution in [1.82, 2.24) is 5.06 Å². The van der Waals surface area contributed by atoms with E-state index in [9.17, 15) is 23.6 Å². The fourth-order valence-corrected chi connectivity index (χ4v) is 4.77. The van der Waals surface area contributed by atoms with Crippen LogP contribution < -0.4 is 9.47 Å². The molecule has 2 aromatic rings. The van der Waals surface area contributed by atoms with Crippen LogP contribution >= 0.6 is 23.2 Å². The minimum atomic E-state index is -3.08. The molecule has 1 heterocycles. The summed E-state index contributed by atoms with van der Waals surface area (Å²) in [6.45, 7) is 0.0535. The number of rotatable bonds is 12. The van der Waals surface area contributed by atoms with Crippen LogP contribution in [0.25, 0.3) is 0 Å². The molecule has 1 fully saturated rings. The summed E-state index contributed by atoms with van der Waals surface area (Å²) in [6, 6.07) is 11.9. The Morgan fingerprint density at radius 2 is 1.76 bits per heavy atom. The molecule has 4 rings (SSSR count). The lowest BCUT2D eigenvalue weighted by atomic mass is 9.97. The average molecular weight is 612 g/mol. The van der Waals surface area contributed by atoms with Crippen molar-refractivity contribution in [1.29, 1.82) is 0 Å². The molecule has 0 bridgehead atoms. The molecule has 0 aromatic heterocycles. The van der Waals surface area contributed by atoms with Gasteiger partial charge in [0, 0.05) is 30.1 Å². The Hall–Kier alpha value is -3.34. The molecule has 1 saturated carbocycles. The molecule has 3 atom stereocenters. The zero-order valence-corrected chi connectivity index (χ0v) is 23.8. The summed E-state index contributed by atoms with van der Waals surface area (Å²) in [7, 11) is 0. The standard InChI is InChI=1S/C29H29Cl2F2NO7/c1-16-26(31)21(22(30)14-34(16)37)13-24(40-28(36)27(39-17(2)35)19-6-4-3-5-7-19)20-10-11-23(41-29(32)33)25(12-20)38-15-18-8-9-18/h3-7,10-12,14,16,18,24,27,29,37H,8-9,13,15H2,1-2H3/t16?,24?,27-/m0/s1. The van der Waals surface area contributed by atoms with Crippen LogP contribution in [0.2, 0.25) is 0 Å². The van der Waals surface area contributed by atoms with Crippen LogP contribution in [0.3, 0.4) is 0 Å². The predicted molar refractivity (Wildman–Crippen MR) is 146 cm³/mol. The number of allylic oxidation sites excluding steroid dienone is 1. The number of halogens is 4. The Morgan fingerprint density at radius 1 is 1.05 bits per heavy atom. The first-order chi connectivity index (χ1) is 19.5. The Labute approximate surface area is 246 Å². The van der Waals surface area contributed by atoms with Crippen molar-refractivity contribution >= 4 is 35.1 Å². The van der Waals surface area contributed by atoms with Gasteiger partial charge in [-0.15, -0.1) is 0 Å². The van der Waals surface area contributed by atoms with Crippen LogP contribution in [0.15, 0.2) is 70.4 Å². The van der Waals surface area contributed by atoms with Gasteiger partial charge in [-0.1, -0.05) is 59.6 Å². The molecule has 1 N–H and O–H groups in total. The number of hydrogen-bond donors (Lipinski definition) is 1. The van der Waals surface area contributed by atoms with Gasteiger partial charge in [0.25, 0.3) is 0 Å². The van der Waals surface area contributed by atoms with Gasteiger partial charge in [-0.25, -0.2) is 4.79 Å². The number of ether oxygens (including phenoxy) is 4. The highest BCUT2D eigenvalue weighted by Gasteiger charge is 2.33. The van der Waals surface area contributed by atoms with Crippen LogP contribution in [-0.4, -0.2) is 41.5 Å². The van der Waals surface area contributed by atoms with Crippen molar-refractivity contribution in [2.75, 3.05) is 6.61 Å². The molecule has 0 spiro atoms. The van der Waals surface area contributed by atoms with E-state index in [0.29, 0.717) is 29.2 Å². The maximum absolute atomic E-state index is 13.5.